The zero-order chi connectivity index (χ0) is 16.7. The molecule has 1 atom stereocenters. The number of fused-ring (bicyclic) bond motifs is 1. The Balaban J connectivity index is 1.65. The minimum atomic E-state index is -0.239. The van der Waals surface area contributed by atoms with Gasteiger partial charge in [-0.3, -0.25) is 4.79 Å². The van der Waals surface area contributed by atoms with E-state index in [1.54, 1.807) is 12.3 Å². The van der Waals surface area contributed by atoms with Crippen LogP contribution in [0.1, 0.15) is 46.3 Å². The second-order valence-corrected chi connectivity index (χ2v) is 6.42. The number of aryl methyl sites for hydroxylation is 1. The van der Waals surface area contributed by atoms with Crippen LogP contribution in [-0.2, 0) is 17.9 Å². The van der Waals surface area contributed by atoms with Gasteiger partial charge in [-0.05, 0) is 43.0 Å². The molecule has 5 nitrogen and oxygen atoms in total. The molecular weight excluding hydrogens is 309 g/mol. The minimum absolute atomic E-state index is 0.00174. The number of carbonyl (C=O) groups excluding carboxylic acids is 1. The van der Waals surface area contributed by atoms with Gasteiger partial charge in [-0.2, -0.15) is 0 Å². The van der Waals surface area contributed by atoms with Crippen molar-refractivity contribution < 1.29 is 13.9 Å². The fourth-order valence-electron chi connectivity index (χ4n) is 3.76. The first-order valence-corrected chi connectivity index (χ1v) is 8.34. The lowest BCUT2D eigenvalue weighted by atomic mass is 9.99. The molecule has 1 saturated heterocycles. The summed E-state index contributed by atoms with van der Waals surface area (Å²) in [6, 6.07) is 4.82. The molecule has 0 saturated carbocycles. The number of amides is 1. The number of benzene rings is 1. The molecule has 1 fully saturated rings. The summed E-state index contributed by atoms with van der Waals surface area (Å²) in [4.78, 5) is 19.3. The van der Waals surface area contributed by atoms with E-state index in [0.717, 1.165) is 36.3 Å². The number of ether oxygens (including phenoxy) is 1. The van der Waals surface area contributed by atoms with Crippen molar-refractivity contribution in [2.75, 3.05) is 13.2 Å². The highest BCUT2D eigenvalue weighted by atomic mass is 19.1. The fourth-order valence-corrected chi connectivity index (χ4v) is 3.76. The normalized spacial score (nSPS) is 20.2. The Morgan fingerprint density at radius 3 is 3.08 bits per heavy atom. The average molecular weight is 329 g/mol. The van der Waals surface area contributed by atoms with Gasteiger partial charge in [-0.15, -0.1) is 0 Å². The number of aromatic nitrogens is 2. The quantitative estimate of drug-likeness (QED) is 0.851. The summed E-state index contributed by atoms with van der Waals surface area (Å²) in [5.41, 5.74) is 2.55. The van der Waals surface area contributed by atoms with Crippen molar-refractivity contribution in [2.45, 2.75) is 39.0 Å². The first-order chi connectivity index (χ1) is 11.6. The number of nitrogens with zero attached hydrogens (tertiary/aromatic N) is 3. The summed E-state index contributed by atoms with van der Waals surface area (Å²) in [7, 11) is 0. The van der Waals surface area contributed by atoms with E-state index in [9.17, 15) is 9.18 Å². The number of rotatable bonds is 2. The third-order valence-electron chi connectivity index (χ3n) is 4.95. The summed E-state index contributed by atoms with van der Waals surface area (Å²) >= 11 is 0. The molecule has 2 aliphatic heterocycles. The molecule has 3 heterocycles. The molecule has 0 radical (unpaired) electrons. The van der Waals surface area contributed by atoms with Crippen LogP contribution >= 0.6 is 0 Å². The van der Waals surface area contributed by atoms with Crippen molar-refractivity contribution in [2.24, 2.45) is 0 Å². The molecule has 24 heavy (non-hydrogen) atoms. The van der Waals surface area contributed by atoms with Crippen molar-refractivity contribution >= 4 is 5.91 Å². The molecule has 1 aromatic carbocycles. The first-order valence-electron chi connectivity index (χ1n) is 8.34. The van der Waals surface area contributed by atoms with Gasteiger partial charge in [0.1, 0.15) is 23.9 Å². The standard InChI is InChI=1S/C18H20FN3O2/c1-12-9-13(19)4-5-14(12)15-3-2-6-22(15)18(23)16-10-20-17-11-24-8-7-21(16)17/h4-5,9-10,15H,2-3,6-8,11H2,1H3/t15-/m0/s1. The van der Waals surface area contributed by atoms with Crippen molar-refractivity contribution in [3.63, 3.8) is 0 Å². The SMILES string of the molecule is Cc1cc(F)ccc1[C@@H]1CCCN1C(=O)c1cnc2n1CCOC2. The molecule has 126 valence electrons. The predicted octanol–water partition coefficient (Wildman–Crippen LogP) is 2.84. The van der Waals surface area contributed by atoms with Gasteiger partial charge in [0.15, 0.2) is 0 Å². The fraction of sp³-hybridized carbons (Fsp3) is 0.444. The van der Waals surface area contributed by atoms with E-state index < -0.39 is 0 Å². The number of likely N-dealkylation sites (tertiary alicyclic amines) is 1. The topological polar surface area (TPSA) is 47.4 Å². The zero-order valence-corrected chi connectivity index (χ0v) is 13.7. The van der Waals surface area contributed by atoms with Crippen LogP contribution in [0.25, 0.3) is 0 Å². The molecule has 0 spiro atoms. The molecule has 1 amide bonds. The van der Waals surface area contributed by atoms with Gasteiger partial charge in [-0.25, -0.2) is 9.37 Å². The van der Waals surface area contributed by atoms with Crippen LogP contribution < -0.4 is 0 Å². The van der Waals surface area contributed by atoms with Gasteiger partial charge in [0.05, 0.1) is 18.8 Å². The van der Waals surface area contributed by atoms with E-state index in [2.05, 4.69) is 4.98 Å². The van der Waals surface area contributed by atoms with Crippen LogP contribution in [0.3, 0.4) is 0 Å². The zero-order valence-electron chi connectivity index (χ0n) is 13.7. The van der Waals surface area contributed by atoms with Gasteiger partial charge in [0, 0.05) is 13.1 Å². The molecule has 0 bridgehead atoms. The Labute approximate surface area is 140 Å². The Hall–Kier alpha value is -2.21. The molecule has 0 N–H and O–H groups in total. The Morgan fingerprint density at radius 1 is 1.38 bits per heavy atom. The summed E-state index contributed by atoms with van der Waals surface area (Å²) in [5, 5.41) is 0. The summed E-state index contributed by atoms with van der Waals surface area (Å²) in [5.74, 6) is 0.567. The third-order valence-corrected chi connectivity index (χ3v) is 4.95. The van der Waals surface area contributed by atoms with Gasteiger partial charge in [0.2, 0.25) is 0 Å². The Kier molecular flexibility index (Phi) is 3.84. The molecule has 0 aliphatic carbocycles. The molecular formula is C18H20FN3O2. The van der Waals surface area contributed by atoms with Crippen LogP contribution in [0.4, 0.5) is 4.39 Å². The van der Waals surface area contributed by atoms with Gasteiger partial charge in [-0.1, -0.05) is 6.07 Å². The second-order valence-electron chi connectivity index (χ2n) is 6.42. The smallest absolute Gasteiger partial charge is 0.272 e. The number of hydrogen-bond acceptors (Lipinski definition) is 3. The van der Waals surface area contributed by atoms with Crippen LogP contribution in [-0.4, -0.2) is 33.5 Å². The van der Waals surface area contributed by atoms with E-state index >= 15 is 0 Å². The average Bonchev–Trinajstić information content (AvgIpc) is 3.21. The van der Waals surface area contributed by atoms with Crippen molar-refractivity contribution in [3.8, 4) is 0 Å². The van der Waals surface area contributed by atoms with E-state index in [1.165, 1.54) is 12.1 Å². The molecule has 2 aromatic rings. The first kappa shape index (κ1) is 15.3. The Bertz CT molecular complexity index is 787. The van der Waals surface area contributed by atoms with Crippen molar-refractivity contribution in [1.82, 2.24) is 14.5 Å². The van der Waals surface area contributed by atoms with E-state index in [0.29, 0.717) is 25.5 Å². The van der Waals surface area contributed by atoms with Gasteiger partial charge >= 0.3 is 0 Å². The predicted molar refractivity (Wildman–Crippen MR) is 86.0 cm³/mol. The van der Waals surface area contributed by atoms with E-state index in [4.69, 9.17) is 4.74 Å². The largest absolute Gasteiger partial charge is 0.372 e. The van der Waals surface area contributed by atoms with Crippen molar-refractivity contribution in [1.29, 1.82) is 0 Å². The second kappa shape index (κ2) is 6.02. The molecule has 4 rings (SSSR count). The summed E-state index contributed by atoms with van der Waals surface area (Å²) in [6.45, 7) is 4.33. The van der Waals surface area contributed by atoms with Crippen molar-refractivity contribution in [3.05, 3.63) is 52.9 Å². The van der Waals surface area contributed by atoms with E-state index in [1.807, 2.05) is 16.4 Å². The monoisotopic (exact) mass is 329 g/mol. The lowest BCUT2D eigenvalue weighted by Crippen LogP contribution is -2.33. The number of carbonyl (C=O) groups is 1. The summed E-state index contributed by atoms with van der Waals surface area (Å²) in [6.07, 6.45) is 3.51. The number of halogens is 1. The molecule has 6 heteroatoms. The minimum Gasteiger partial charge on any atom is -0.372 e. The lowest BCUT2D eigenvalue weighted by Gasteiger charge is -2.27. The van der Waals surface area contributed by atoms with E-state index in [-0.39, 0.29) is 17.8 Å². The van der Waals surface area contributed by atoms with Gasteiger partial charge in [0.25, 0.3) is 5.91 Å². The van der Waals surface area contributed by atoms with Crippen LogP contribution in [0.2, 0.25) is 0 Å². The highest BCUT2D eigenvalue weighted by molar-refractivity contribution is 5.93. The number of imidazole rings is 1. The maximum atomic E-state index is 13.4. The van der Waals surface area contributed by atoms with Crippen LogP contribution in [0, 0.1) is 12.7 Å². The molecule has 0 unspecified atom stereocenters. The highest BCUT2D eigenvalue weighted by Crippen LogP contribution is 2.35. The van der Waals surface area contributed by atoms with Crippen LogP contribution in [0.15, 0.2) is 24.4 Å². The Morgan fingerprint density at radius 2 is 2.25 bits per heavy atom. The summed E-state index contributed by atoms with van der Waals surface area (Å²) < 4.78 is 20.7. The lowest BCUT2D eigenvalue weighted by molar-refractivity contribution is 0.0673. The highest BCUT2D eigenvalue weighted by Gasteiger charge is 2.33. The maximum absolute atomic E-state index is 13.4. The molecule has 1 aromatic heterocycles. The number of hydrogen-bond donors (Lipinski definition) is 0. The van der Waals surface area contributed by atoms with Gasteiger partial charge < -0.3 is 14.2 Å². The third kappa shape index (κ3) is 2.51. The van der Waals surface area contributed by atoms with Crippen LogP contribution in [0.5, 0.6) is 0 Å². The maximum Gasteiger partial charge on any atom is 0.272 e. The molecule has 2 aliphatic rings.